The van der Waals surface area contributed by atoms with Gasteiger partial charge in [-0.3, -0.25) is 14.5 Å². The number of thiazole rings is 1. The van der Waals surface area contributed by atoms with Crippen LogP contribution in [0.4, 0.5) is 0 Å². The van der Waals surface area contributed by atoms with Gasteiger partial charge in [-0.2, -0.15) is 0 Å². The van der Waals surface area contributed by atoms with Gasteiger partial charge < -0.3 is 9.80 Å². The number of hydrogen-bond acceptors (Lipinski definition) is 5. The molecule has 0 N–H and O–H groups in total. The SMILES string of the molecule is Cc1nc(-c2ccccc2)sc1C(=O)N1CCN(CC(=O)N2CC(C)CC(C)C2)CC1. The highest BCUT2D eigenvalue weighted by molar-refractivity contribution is 7.17. The van der Waals surface area contributed by atoms with Gasteiger partial charge >= 0.3 is 0 Å². The summed E-state index contributed by atoms with van der Waals surface area (Å²) in [5.41, 5.74) is 1.83. The Morgan fingerprint density at radius 1 is 1.00 bits per heavy atom. The molecule has 0 radical (unpaired) electrons. The number of amides is 2. The third-order valence-corrected chi connectivity index (χ3v) is 7.45. The summed E-state index contributed by atoms with van der Waals surface area (Å²) in [6.07, 6.45) is 1.20. The Morgan fingerprint density at radius 2 is 1.65 bits per heavy atom. The summed E-state index contributed by atoms with van der Waals surface area (Å²) in [7, 11) is 0. The van der Waals surface area contributed by atoms with Crippen molar-refractivity contribution in [2.45, 2.75) is 27.2 Å². The Morgan fingerprint density at radius 3 is 2.29 bits per heavy atom. The van der Waals surface area contributed by atoms with E-state index in [1.165, 1.54) is 17.8 Å². The van der Waals surface area contributed by atoms with E-state index in [4.69, 9.17) is 0 Å². The molecule has 1 aromatic heterocycles. The molecule has 0 aliphatic carbocycles. The summed E-state index contributed by atoms with van der Waals surface area (Å²) in [5.74, 6) is 1.43. The summed E-state index contributed by atoms with van der Waals surface area (Å²) >= 11 is 1.47. The van der Waals surface area contributed by atoms with Crippen LogP contribution >= 0.6 is 11.3 Å². The average Bonchev–Trinajstić information content (AvgIpc) is 3.15. The van der Waals surface area contributed by atoms with Gasteiger partial charge in [-0.25, -0.2) is 4.98 Å². The number of carbonyl (C=O) groups is 2. The van der Waals surface area contributed by atoms with E-state index in [1.807, 2.05) is 47.1 Å². The zero-order valence-corrected chi connectivity index (χ0v) is 19.5. The molecular formula is C24H32N4O2S. The number of likely N-dealkylation sites (tertiary alicyclic amines) is 1. The number of aryl methyl sites for hydroxylation is 1. The van der Waals surface area contributed by atoms with Crippen molar-refractivity contribution in [3.63, 3.8) is 0 Å². The number of piperazine rings is 1. The van der Waals surface area contributed by atoms with Gasteiger partial charge in [0, 0.05) is 44.8 Å². The maximum absolute atomic E-state index is 13.1. The highest BCUT2D eigenvalue weighted by Crippen LogP contribution is 2.29. The van der Waals surface area contributed by atoms with E-state index in [0.717, 1.165) is 47.3 Å². The highest BCUT2D eigenvalue weighted by Gasteiger charge is 2.29. The number of nitrogens with zero attached hydrogens (tertiary/aromatic N) is 4. The minimum absolute atomic E-state index is 0.0573. The van der Waals surface area contributed by atoms with Crippen LogP contribution in [0.3, 0.4) is 0 Å². The van der Waals surface area contributed by atoms with Gasteiger partial charge in [0.15, 0.2) is 0 Å². The van der Waals surface area contributed by atoms with Crippen molar-refractivity contribution in [1.82, 2.24) is 19.7 Å². The summed E-state index contributed by atoms with van der Waals surface area (Å²) in [6, 6.07) is 9.99. The number of hydrogen-bond donors (Lipinski definition) is 0. The minimum Gasteiger partial charge on any atom is -0.341 e. The minimum atomic E-state index is 0.0573. The molecule has 31 heavy (non-hydrogen) atoms. The summed E-state index contributed by atoms with van der Waals surface area (Å²) < 4.78 is 0. The van der Waals surface area contributed by atoms with E-state index in [2.05, 4.69) is 23.7 Å². The summed E-state index contributed by atoms with van der Waals surface area (Å²) in [4.78, 5) is 37.4. The standard InChI is InChI=1S/C24H32N4O2S/c1-17-13-18(2)15-28(14-17)21(29)16-26-9-11-27(12-10-26)24(30)22-19(3)25-23(31-22)20-7-5-4-6-8-20/h4-8,17-18H,9-16H2,1-3H3. The van der Waals surface area contributed by atoms with Crippen molar-refractivity contribution in [1.29, 1.82) is 0 Å². The van der Waals surface area contributed by atoms with Gasteiger partial charge in [0.2, 0.25) is 5.91 Å². The van der Waals surface area contributed by atoms with Crippen LogP contribution in [0.25, 0.3) is 10.6 Å². The second-order valence-corrected chi connectivity index (χ2v) is 10.1. The van der Waals surface area contributed by atoms with Crippen LogP contribution < -0.4 is 0 Å². The predicted octanol–water partition coefficient (Wildman–Crippen LogP) is 3.38. The second kappa shape index (κ2) is 9.49. The second-order valence-electron chi connectivity index (χ2n) is 9.11. The molecule has 2 aliphatic heterocycles. The fraction of sp³-hybridized carbons (Fsp3) is 0.542. The molecule has 2 unspecified atom stereocenters. The molecule has 7 heteroatoms. The average molecular weight is 441 g/mol. The van der Waals surface area contributed by atoms with Gasteiger partial charge in [0.05, 0.1) is 12.2 Å². The van der Waals surface area contributed by atoms with Crippen molar-refractivity contribution in [2.75, 3.05) is 45.8 Å². The molecule has 1 aromatic carbocycles. The monoisotopic (exact) mass is 440 g/mol. The molecule has 6 nitrogen and oxygen atoms in total. The molecule has 2 aromatic rings. The first kappa shape index (κ1) is 22.0. The van der Waals surface area contributed by atoms with E-state index < -0.39 is 0 Å². The predicted molar refractivity (Wildman–Crippen MR) is 124 cm³/mol. The normalized spacial score (nSPS) is 22.5. The maximum Gasteiger partial charge on any atom is 0.265 e. The van der Waals surface area contributed by atoms with E-state index >= 15 is 0 Å². The summed E-state index contributed by atoms with van der Waals surface area (Å²) in [5, 5.41) is 0.885. The molecular weight excluding hydrogens is 408 g/mol. The first-order valence-corrected chi connectivity index (χ1v) is 12.0. The van der Waals surface area contributed by atoms with E-state index in [0.29, 0.717) is 31.5 Å². The number of rotatable bonds is 4. The number of piperidine rings is 1. The van der Waals surface area contributed by atoms with Crippen LogP contribution in [0, 0.1) is 18.8 Å². The molecule has 0 spiro atoms. The molecule has 3 heterocycles. The first-order chi connectivity index (χ1) is 14.9. The van der Waals surface area contributed by atoms with E-state index in [9.17, 15) is 9.59 Å². The zero-order valence-electron chi connectivity index (χ0n) is 18.7. The van der Waals surface area contributed by atoms with Gasteiger partial charge in [0.25, 0.3) is 5.91 Å². The van der Waals surface area contributed by atoms with Crippen LogP contribution in [-0.4, -0.2) is 77.3 Å². The highest BCUT2D eigenvalue weighted by atomic mass is 32.1. The van der Waals surface area contributed by atoms with Crippen molar-refractivity contribution in [3.05, 3.63) is 40.9 Å². The third-order valence-electron chi connectivity index (χ3n) is 6.25. The molecule has 2 fully saturated rings. The van der Waals surface area contributed by atoms with Crippen molar-refractivity contribution in [2.24, 2.45) is 11.8 Å². The lowest BCUT2D eigenvalue weighted by molar-refractivity contribution is -0.135. The lowest BCUT2D eigenvalue weighted by Gasteiger charge is -2.38. The van der Waals surface area contributed by atoms with Gasteiger partial charge in [0.1, 0.15) is 9.88 Å². The Hall–Kier alpha value is -2.25. The van der Waals surface area contributed by atoms with Crippen molar-refractivity contribution in [3.8, 4) is 10.6 Å². The topological polar surface area (TPSA) is 56.8 Å². The van der Waals surface area contributed by atoms with Crippen LogP contribution in [-0.2, 0) is 4.79 Å². The quantitative estimate of drug-likeness (QED) is 0.731. The lowest BCUT2D eigenvalue weighted by Crippen LogP contribution is -2.53. The molecule has 2 atom stereocenters. The molecule has 166 valence electrons. The van der Waals surface area contributed by atoms with Crippen molar-refractivity contribution >= 4 is 23.2 Å². The maximum atomic E-state index is 13.1. The van der Waals surface area contributed by atoms with Gasteiger partial charge in [-0.1, -0.05) is 44.2 Å². The molecule has 2 aliphatic rings. The zero-order chi connectivity index (χ0) is 22.0. The van der Waals surface area contributed by atoms with Crippen LogP contribution in [0.2, 0.25) is 0 Å². The smallest absolute Gasteiger partial charge is 0.265 e. The fourth-order valence-corrected chi connectivity index (χ4v) is 5.75. The Bertz CT molecular complexity index is 911. The molecule has 4 rings (SSSR count). The summed E-state index contributed by atoms with van der Waals surface area (Å²) in [6.45, 7) is 11.3. The van der Waals surface area contributed by atoms with Gasteiger partial charge in [-0.05, 0) is 25.2 Å². The third kappa shape index (κ3) is 5.15. The van der Waals surface area contributed by atoms with Crippen molar-refractivity contribution < 1.29 is 9.59 Å². The molecule has 2 saturated heterocycles. The van der Waals surface area contributed by atoms with E-state index in [1.54, 1.807) is 0 Å². The van der Waals surface area contributed by atoms with Gasteiger partial charge in [-0.15, -0.1) is 11.3 Å². The largest absolute Gasteiger partial charge is 0.341 e. The number of carbonyl (C=O) groups excluding carboxylic acids is 2. The molecule has 2 amide bonds. The Kier molecular flexibility index (Phi) is 6.72. The van der Waals surface area contributed by atoms with Crippen LogP contribution in [0.1, 0.15) is 35.6 Å². The Balaban J connectivity index is 1.32. The number of aromatic nitrogens is 1. The van der Waals surface area contributed by atoms with Crippen LogP contribution in [0.15, 0.2) is 30.3 Å². The van der Waals surface area contributed by atoms with E-state index in [-0.39, 0.29) is 11.8 Å². The number of benzene rings is 1. The molecule has 0 saturated carbocycles. The van der Waals surface area contributed by atoms with Crippen LogP contribution in [0.5, 0.6) is 0 Å². The molecule has 0 bridgehead atoms. The first-order valence-electron chi connectivity index (χ1n) is 11.2. The lowest BCUT2D eigenvalue weighted by atomic mass is 9.92. The Labute approximate surface area is 188 Å². The fourth-order valence-electron chi connectivity index (χ4n) is 4.71.